The second-order valence-electron chi connectivity index (χ2n) is 6.97. The van der Waals surface area contributed by atoms with Crippen molar-refractivity contribution in [1.82, 2.24) is 9.80 Å². The Morgan fingerprint density at radius 2 is 1.95 bits per heavy atom. The largest absolute Gasteiger partial charge is 0.469 e. The van der Waals surface area contributed by atoms with Crippen molar-refractivity contribution < 1.29 is 14.3 Å². The van der Waals surface area contributed by atoms with E-state index in [1.165, 1.54) is 7.11 Å². The van der Waals surface area contributed by atoms with Gasteiger partial charge in [-0.2, -0.15) is 0 Å². The van der Waals surface area contributed by atoms with Crippen LogP contribution in [0.3, 0.4) is 0 Å². The van der Waals surface area contributed by atoms with Crippen LogP contribution in [0.15, 0.2) is 0 Å². The number of rotatable bonds is 4. The summed E-state index contributed by atoms with van der Waals surface area (Å²) in [5.74, 6) is 0.190. The van der Waals surface area contributed by atoms with E-state index in [1.54, 1.807) is 0 Å². The number of morpholine rings is 1. The molecule has 0 aromatic carbocycles. The Balaban J connectivity index is 1.38. The molecule has 2 aliphatic heterocycles. The van der Waals surface area contributed by atoms with Gasteiger partial charge in [0, 0.05) is 26.2 Å². The van der Waals surface area contributed by atoms with Gasteiger partial charge < -0.3 is 14.4 Å². The second-order valence-corrected chi connectivity index (χ2v) is 6.97. The highest BCUT2D eigenvalue weighted by Crippen LogP contribution is 2.59. The summed E-state index contributed by atoms with van der Waals surface area (Å²) in [5, 5.41) is 0. The number of ether oxygens (including phenoxy) is 2. The van der Waals surface area contributed by atoms with E-state index in [1.807, 2.05) is 0 Å². The van der Waals surface area contributed by atoms with Gasteiger partial charge in [0.15, 0.2) is 0 Å². The monoisotopic (exact) mass is 296 g/mol. The Hall–Kier alpha value is -0.650. The molecule has 0 aromatic rings. The SMILES string of the molecule is COC(=O)[C@@H]1CC12CCN(CCN1CCO[C@H](C)C1)CC2. The maximum absolute atomic E-state index is 11.6. The zero-order chi connectivity index (χ0) is 14.9. The predicted molar refractivity (Wildman–Crippen MR) is 80.1 cm³/mol. The van der Waals surface area contributed by atoms with Crippen LogP contribution in [0.5, 0.6) is 0 Å². The zero-order valence-corrected chi connectivity index (χ0v) is 13.3. The summed E-state index contributed by atoms with van der Waals surface area (Å²) in [6.07, 6.45) is 3.74. The Bertz CT molecular complexity index is 380. The number of hydrogen-bond acceptors (Lipinski definition) is 5. The number of nitrogens with zero attached hydrogens (tertiary/aromatic N) is 2. The van der Waals surface area contributed by atoms with E-state index in [0.717, 1.165) is 65.1 Å². The third-order valence-electron chi connectivity index (χ3n) is 5.58. The maximum atomic E-state index is 11.6. The van der Waals surface area contributed by atoms with E-state index < -0.39 is 0 Å². The highest BCUT2D eigenvalue weighted by molar-refractivity contribution is 5.76. The molecule has 120 valence electrons. The van der Waals surface area contributed by atoms with Gasteiger partial charge in [0.2, 0.25) is 0 Å². The van der Waals surface area contributed by atoms with Crippen molar-refractivity contribution in [3.63, 3.8) is 0 Å². The van der Waals surface area contributed by atoms with E-state index in [0.29, 0.717) is 6.10 Å². The lowest BCUT2D eigenvalue weighted by Crippen LogP contribution is -2.46. The fraction of sp³-hybridized carbons (Fsp3) is 0.938. The van der Waals surface area contributed by atoms with Crippen LogP contribution in [0, 0.1) is 11.3 Å². The topological polar surface area (TPSA) is 42.0 Å². The number of piperidine rings is 1. The predicted octanol–water partition coefficient (Wildman–Crippen LogP) is 0.982. The maximum Gasteiger partial charge on any atom is 0.309 e. The van der Waals surface area contributed by atoms with Crippen molar-refractivity contribution in [3.05, 3.63) is 0 Å². The van der Waals surface area contributed by atoms with Crippen molar-refractivity contribution >= 4 is 5.97 Å². The first-order valence-corrected chi connectivity index (χ1v) is 8.27. The minimum atomic E-state index is 0.00533. The number of carbonyl (C=O) groups excluding carboxylic acids is 1. The van der Waals surface area contributed by atoms with Crippen molar-refractivity contribution in [2.45, 2.75) is 32.3 Å². The molecule has 0 aromatic heterocycles. The average Bonchev–Trinajstić information content (AvgIpc) is 3.20. The highest BCUT2D eigenvalue weighted by Gasteiger charge is 2.59. The minimum Gasteiger partial charge on any atom is -0.469 e. The van der Waals surface area contributed by atoms with Crippen LogP contribution in [0.2, 0.25) is 0 Å². The zero-order valence-electron chi connectivity index (χ0n) is 13.3. The van der Waals surface area contributed by atoms with Crippen molar-refractivity contribution in [2.75, 3.05) is 53.0 Å². The van der Waals surface area contributed by atoms with Crippen LogP contribution in [-0.2, 0) is 14.3 Å². The van der Waals surface area contributed by atoms with E-state index in [2.05, 4.69) is 16.7 Å². The van der Waals surface area contributed by atoms with Crippen molar-refractivity contribution in [1.29, 1.82) is 0 Å². The Morgan fingerprint density at radius 1 is 1.24 bits per heavy atom. The summed E-state index contributed by atoms with van der Waals surface area (Å²) in [6.45, 7) is 9.68. The third kappa shape index (κ3) is 3.41. The molecule has 1 spiro atoms. The van der Waals surface area contributed by atoms with E-state index >= 15 is 0 Å². The first-order valence-electron chi connectivity index (χ1n) is 8.27. The second kappa shape index (κ2) is 6.23. The van der Waals surface area contributed by atoms with Gasteiger partial charge in [-0.05, 0) is 44.7 Å². The molecule has 3 aliphatic rings. The molecule has 0 unspecified atom stereocenters. The molecule has 0 amide bonds. The lowest BCUT2D eigenvalue weighted by Gasteiger charge is -2.36. The molecule has 0 N–H and O–H groups in total. The molecule has 0 bridgehead atoms. The number of esters is 1. The van der Waals surface area contributed by atoms with Gasteiger partial charge >= 0.3 is 5.97 Å². The molecule has 2 atom stereocenters. The van der Waals surface area contributed by atoms with Crippen LogP contribution >= 0.6 is 0 Å². The van der Waals surface area contributed by atoms with Crippen molar-refractivity contribution in [3.8, 4) is 0 Å². The van der Waals surface area contributed by atoms with Gasteiger partial charge in [-0.1, -0.05) is 0 Å². The lowest BCUT2D eigenvalue weighted by atomic mass is 9.91. The molecule has 1 aliphatic carbocycles. The molecular formula is C16H28N2O3. The lowest BCUT2D eigenvalue weighted by molar-refractivity contribution is -0.143. The molecule has 3 rings (SSSR count). The summed E-state index contributed by atoms with van der Waals surface area (Å²) < 4.78 is 10.5. The van der Waals surface area contributed by atoms with Gasteiger partial charge in [0.05, 0.1) is 25.7 Å². The van der Waals surface area contributed by atoms with Crippen LogP contribution in [0.25, 0.3) is 0 Å². The van der Waals surface area contributed by atoms with Gasteiger partial charge in [-0.15, -0.1) is 0 Å². The first kappa shape index (κ1) is 15.3. The van der Waals surface area contributed by atoms with Crippen LogP contribution < -0.4 is 0 Å². The van der Waals surface area contributed by atoms with Gasteiger partial charge in [-0.3, -0.25) is 9.69 Å². The summed E-state index contributed by atoms with van der Waals surface area (Å²) in [4.78, 5) is 16.7. The standard InChI is InChI=1S/C16H28N2O3/c1-13-12-18(9-10-21-13)8-7-17-5-3-16(4-6-17)11-14(16)15(19)20-2/h13-14H,3-12H2,1-2H3/t13-,14+/m1/s1. The quantitative estimate of drug-likeness (QED) is 0.724. The number of likely N-dealkylation sites (tertiary alicyclic amines) is 1. The number of hydrogen-bond donors (Lipinski definition) is 0. The Labute approximate surface area is 127 Å². The Kier molecular flexibility index (Phi) is 4.52. The first-order chi connectivity index (χ1) is 10.1. The smallest absolute Gasteiger partial charge is 0.309 e. The fourth-order valence-corrected chi connectivity index (χ4v) is 3.97. The molecule has 5 nitrogen and oxygen atoms in total. The summed E-state index contributed by atoms with van der Waals surface area (Å²) in [5.41, 5.74) is 0.289. The van der Waals surface area contributed by atoms with Crippen molar-refractivity contribution in [2.24, 2.45) is 11.3 Å². The number of methoxy groups -OCH3 is 1. The summed E-state index contributed by atoms with van der Waals surface area (Å²) in [6, 6.07) is 0. The molecular weight excluding hydrogens is 268 g/mol. The van der Waals surface area contributed by atoms with Gasteiger partial charge in [-0.25, -0.2) is 0 Å². The summed E-state index contributed by atoms with van der Waals surface area (Å²) in [7, 11) is 1.51. The molecule has 5 heteroatoms. The van der Waals surface area contributed by atoms with Crippen LogP contribution in [0.4, 0.5) is 0 Å². The normalized spacial score (nSPS) is 33.0. The fourth-order valence-electron chi connectivity index (χ4n) is 3.97. The third-order valence-corrected chi connectivity index (χ3v) is 5.58. The average molecular weight is 296 g/mol. The molecule has 1 saturated carbocycles. The minimum absolute atomic E-state index is 0.00533. The molecule has 2 saturated heterocycles. The van der Waals surface area contributed by atoms with E-state index in [-0.39, 0.29) is 17.3 Å². The van der Waals surface area contributed by atoms with E-state index in [9.17, 15) is 4.79 Å². The number of carbonyl (C=O) groups is 1. The molecule has 3 fully saturated rings. The summed E-state index contributed by atoms with van der Waals surface area (Å²) >= 11 is 0. The Morgan fingerprint density at radius 3 is 2.62 bits per heavy atom. The van der Waals surface area contributed by atoms with Crippen LogP contribution in [-0.4, -0.2) is 74.9 Å². The van der Waals surface area contributed by atoms with E-state index in [4.69, 9.17) is 9.47 Å². The van der Waals surface area contributed by atoms with Gasteiger partial charge in [0.1, 0.15) is 0 Å². The molecule has 2 heterocycles. The molecule has 0 radical (unpaired) electrons. The van der Waals surface area contributed by atoms with Crippen LogP contribution in [0.1, 0.15) is 26.2 Å². The van der Waals surface area contributed by atoms with Gasteiger partial charge in [0.25, 0.3) is 0 Å². The molecule has 21 heavy (non-hydrogen) atoms. The highest BCUT2D eigenvalue weighted by atomic mass is 16.5.